The first-order valence-electron chi connectivity index (χ1n) is 6.33. The van der Waals surface area contributed by atoms with Gasteiger partial charge >= 0.3 is 0 Å². The summed E-state index contributed by atoms with van der Waals surface area (Å²) in [7, 11) is 0. The van der Waals surface area contributed by atoms with Crippen molar-refractivity contribution in [3.8, 4) is 0 Å². The van der Waals surface area contributed by atoms with Crippen LogP contribution in [0.5, 0.6) is 0 Å². The highest BCUT2D eigenvalue weighted by atomic mass is 35.5. The maximum atomic E-state index is 12.0. The van der Waals surface area contributed by atoms with E-state index in [0.717, 1.165) is 25.9 Å². The maximum absolute atomic E-state index is 12.0. The second-order valence-corrected chi connectivity index (χ2v) is 6.43. The molecule has 1 amide bonds. The van der Waals surface area contributed by atoms with Crippen molar-refractivity contribution in [2.45, 2.75) is 18.9 Å². The lowest BCUT2D eigenvalue weighted by molar-refractivity contribution is 0.0919. The molecule has 1 saturated heterocycles. The number of amidine groups is 1. The molecule has 6 nitrogen and oxygen atoms in total. The maximum Gasteiger partial charge on any atom is 0.261 e. The highest BCUT2D eigenvalue weighted by Gasteiger charge is 2.22. The van der Waals surface area contributed by atoms with Gasteiger partial charge in [-0.25, -0.2) is 0 Å². The number of nitrogens with zero attached hydrogens (tertiary/aromatic N) is 2. The Bertz CT molecular complexity index is 497. The molecule has 2 heterocycles. The largest absolute Gasteiger partial charge is 0.409 e. The number of carbonyl (C=O) groups is 1. The van der Waals surface area contributed by atoms with Crippen molar-refractivity contribution in [1.29, 1.82) is 0 Å². The van der Waals surface area contributed by atoms with Crippen LogP contribution in [0.15, 0.2) is 17.3 Å². The lowest BCUT2D eigenvalue weighted by atomic mass is 10.0. The van der Waals surface area contributed by atoms with Gasteiger partial charge in [-0.2, -0.15) is 0 Å². The Morgan fingerprint density at radius 2 is 2.25 bits per heavy atom. The second kappa shape index (κ2) is 6.92. The number of nitrogens with two attached hydrogens (primary N) is 1. The third-order valence-corrected chi connectivity index (χ3v) is 4.46. The van der Waals surface area contributed by atoms with Crippen molar-refractivity contribution >= 4 is 34.7 Å². The van der Waals surface area contributed by atoms with E-state index in [4.69, 9.17) is 22.5 Å². The van der Waals surface area contributed by atoms with E-state index < -0.39 is 0 Å². The van der Waals surface area contributed by atoms with Crippen LogP contribution in [0.2, 0.25) is 4.34 Å². The minimum absolute atomic E-state index is 0.0724. The van der Waals surface area contributed by atoms with E-state index >= 15 is 0 Å². The van der Waals surface area contributed by atoms with Crippen molar-refractivity contribution in [1.82, 2.24) is 10.2 Å². The standard InChI is InChI=1S/C12H17ClN4O2S/c13-10-2-1-9(20-10)12(18)15-8-3-5-17(6-4-8)7-11(14)16-19/h1-2,8,19H,3-7H2,(H2,14,16)(H,15,18). The predicted octanol–water partition coefficient (Wildman–Crippen LogP) is 1.34. The van der Waals surface area contributed by atoms with Gasteiger partial charge < -0.3 is 16.3 Å². The predicted molar refractivity (Wildman–Crippen MR) is 79.7 cm³/mol. The number of piperidine rings is 1. The van der Waals surface area contributed by atoms with E-state index in [9.17, 15) is 4.79 Å². The molecule has 0 atom stereocenters. The van der Waals surface area contributed by atoms with Gasteiger partial charge in [0.2, 0.25) is 0 Å². The number of oxime groups is 1. The van der Waals surface area contributed by atoms with Gasteiger partial charge in [0, 0.05) is 19.1 Å². The summed E-state index contributed by atoms with van der Waals surface area (Å²) in [6.45, 7) is 2.08. The molecule has 1 aliphatic heterocycles. The summed E-state index contributed by atoms with van der Waals surface area (Å²) in [6.07, 6.45) is 1.70. The third kappa shape index (κ3) is 4.09. The van der Waals surface area contributed by atoms with Crippen molar-refractivity contribution in [3.63, 3.8) is 0 Å². The van der Waals surface area contributed by atoms with Crippen LogP contribution in [0, 0.1) is 0 Å². The normalized spacial score (nSPS) is 18.1. The van der Waals surface area contributed by atoms with E-state index in [1.54, 1.807) is 12.1 Å². The summed E-state index contributed by atoms with van der Waals surface area (Å²) in [6, 6.07) is 3.61. The van der Waals surface area contributed by atoms with Crippen LogP contribution >= 0.6 is 22.9 Å². The second-order valence-electron chi connectivity index (χ2n) is 4.72. The number of hydrogen-bond acceptors (Lipinski definition) is 5. The third-order valence-electron chi connectivity index (χ3n) is 3.23. The smallest absolute Gasteiger partial charge is 0.261 e. The molecule has 2 rings (SSSR count). The summed E-state index contributed by atoms with van der Waals surface area (Å²) in [5.74, 6) is 0.137. The lowest BCUT2D eigenvalue weighted by Gasteiger charge is -2.31. The highest BCUT2D eigenvalue weighted by molar-refractivity contribution is 7.17. The number of amides is 1. The van der Waals surface area contributed by atoms with Crippen LogP contribution in [-0.4, -0.2) is 47.5 Å². The van der Waals surface area contributed by atoms with Gasteiger partial charge in [0.25, 0.3) is 5.91 Å². The number of thiophene rings is 1. The Labute approximate surface area is 126 Å². The van der Waals surface area contributed by atoms with E-state index in [2.05, 4.69) is 15.4 Å². The molecule has 0 bridgehead atoms. The first-order valence-corrected chi connectivity index (χ1v) is 7.53. The zero-order valence-corrected chi connectivity index (χ0v) is 12.5. The quantitative estimate of drug-likeness (QED) is 0.338. The topological polar surface area (TPSA) is 91.0 Å². The zero-order valence-electron chi connectivity index (χ0n) is 10.9. The van der Waals surface area contributed by atoms with E-state index in [0.29, 0.717) is 15.8 Å². The first-order chi connectivity index (χ1) is 9.58. The SMILES string of the molecule is NC(CN1CCC(NC(=O)c2ccc(Cl)s2)CC1)=NO. The molecule has 4 N–H and O–H groups in total. The van der Waals surface area contributed by atoms with Gasteiger partial charge in [0.05, 0.1) is 15.8 Å². The number of carbonyl (C=O) groups excluding carboxylic acids is 1. The number of hydrogen-bond donors (Lipinski definition) is 3. The van der Waals surface area contributed by atoms with Crippen molar-refractivity contribution < 1.29 is 10.0 Å². The first kappa shape index (κ1) is 15.1. The Morgan fingerprint density at radius 1 is 1.55 bits per heavy atom. The van der Waals surface area contributed by atoms with Crippen molar-refractivity contribution in [2.75, 3.05) is 19.6 Å². The van der Waals surface area contributed by atoms with Gasteiger partial charge in [-0.05, 0) is 25.0 Å². The Balaban J connectivity index is 1.78. The minimum atomic E-state index is -0.0724. The molecule has 8 heteroatoms. The summed E-state index contributed by atoms with van der Waals surface area (Å²) in [5.41, 5.74) is 5.47. The van der Waals surface area contributed by atoms with Gasteiger partial charge in [0.1, 0.15) is 0 Å². The summed E-state index contributed by atoms with van der Waals surface area (Å²) in [4.78, 5) is 14.7. The fourth-order valence-corrected chi connectivity index (χ4v) is 3.14. The van der Waals surface area contributed by atoms with Crippen LogP contribution in [0.4, 0.5) is 0 Å². The molecule has 1 aliphatic rings. The van der Waals surface area contributed by atoms with E-state index in [-0.39, 0.29) is 17.8 Å². The molecule has 1 aromatic rings. The molecule has 1 fully saturated rings. The summed E-state index contributed by atoms with van der Waals surface area (Å²) < 4.78 is 0.615. The Morgan fingerprint density at radius 3 is 2.80 bits per heavy atom. The minimum Gasteiger partial charge on any atom is -0.409 e. The molecule has 0 spiro atoms. The molecule has 110 valence electrons. The monoisotopic (exact) mass is 316 g/mol. The van der Waals surface area contributed by atoms with Crippen LogP contribution in [-0.2, 0) is 0 Å². The fraction of sp³-hybridized carbons (Fsp3) is 0.500. The van der Waals surface area contributed by atoms with Crippen LogP contribution in [0.25, 0.3) is 0 Å². The highest BCUT2D eigenvalue weighted by Crippen LogP contribution is 2.21. The van der Waals surface area contributed by atoms with E-state index in [1.165, 1.54) is 11.3 Å². The van der Waals surface area contributed by atoms with Gasteiger partial charge in [-0.15, -0.1) is 11.3 Å². The molecule has 0 unspecified atom stereocenters. The van der Waals surface area contributed by atoms with Gasteiger partial charge in [-0.1, -0.05) is 16.8 Å². The average Bonchev–Trinajstić information content (AvgIpc) is 2.87. The fourth-order valence-electron chi connectivity index (χ4n) is 2.19. The molecular formula is C12H17ClN4O2S. The van der Waals surface area contributed by atoms with Crippen LogP contribution in [0.1, 0.15) is 22.5 Å². The van der Waals surface area contributed by atoms with Crippen LogP contribution in [0.3, 0.4) is 0 Å². The Hall–Kier alpha value is -1.31. The number of likely N-dealkylation sites (tertiary alicyclic amines) is 1. The molecule has 0 radical (unpaired) electrons. The number of rotatable bonds is 4. The van der Waals surface area contributed by atoms with Gasteiger partial charge in [0.15, 0.2) is 5.84 Å². The molecule has 0 saturated carbocycles. The number of halogens is 1. The van der Waals surface area contributed by atoms with Crippen LogP contribution < -0.4 is 11.1 Å². The average molecular weight is 317 g/mol. The Kier molecular flexibility index (Phi) is 5.22. The summed E-state index contributed by atoms with van der Waals surface area (Å²) >= 11 is 7.10. The molecule has 1 aromatic heterocycles. The molecule has 20 heavy (non-hydrogen) atoms. The lowest BCUT2D eigenvalue weighted by Crippen LogP contribution is -2.46. The molecule has 0 aromatic carbocycles. The molecule has 0 aliphatic carbocycles. The zero-order chi connectivity index (χ0) is 14.5. The van der Waals surface area contributed by atoms with Gasteiger partial charge in [-0.3, -0.25) is 9.69 Å². The number of nitrogens with one attached hydrogen (secondary N) is 1. The van der Waals surface area contributed by atoms with E-state index in [1.807, 2.05) is 0 Å². The van der Waals surface area contributed by atoms with Crippen molar-refractivity contribution in [2.24, 2.45) is 10.9 Å². The summed E-state index contributed by atoms with van der Waals surface area (Å²) in [5, 5.41) is 14.5. The molecular weight excluding hydrogens is 300 g/mol. The van der Waals surface area contributed by atoms with Crippen molar-refractivity contribution in [3.05, 3.63) is 21.3 Å².